The molecule has 0 spiro atoms. The standard InChI is InChI=1S/C10H14O/c1-7(2)10-8(3)5-4-6-9(10)11/h4,6,9-11H,1,3,5H2,2H3/t9-,10+/m0/s1. The Hall–Kier alpha value is -0.820. The SMILES string of the molecule is C=C(C)[C@@H]1C(=C)CC=C[C@@H]1O. The molecular weight excluding hydrogens is 136 g/mol. The second kappa shape index (κ2) is 3.05. The Labute approximate surface area is 67.7 Å². The minimum absolute atomic E-state index is 0.0694. The van der Waals surface area contributed by atoms with Crippen LogP contribution in [0, 0.1) is 5.92 Å². The molecule has 1 nitrogen and oxygen atoms in total. The van der Waals surface area contributed by atoms with Gasteiger partial charge in [0.25, 0.3) is 0 Å². The van der Waals surface area contributed by atoms with Crippen LogP contribution in [-0.4, -0.2) is 11.2 Å². The van der Waals surface area contributed by atoms with Gasteiger partial charge in [-0.25, -0.2) is 0 Å². The third-order valence-corrected chi connectivity index (χ3v) is 2.03. The molecule has 0 radical (unpaired) electrons. The first-order valence-corrected chi connectivity index (χ1v) is 3.80. The molecule has 0 aromatic heterocycles. The van der Waals surface area contributed by atoms with E-state index in [0.29, 0.717) is 0 Å². The molecule has 60 valence electrons. The molecule has 1 heteroatoms. The molecule has 1 rings (SSSR count). The van der Waals surface area contributed by atoms with Crippen LogP contribution in [0.15, 0.2) is 36.5 Å². The zero-order valence-corrected chi connectivity index (χ0v) is 6.88. The summed E-state index contributed by atoms with van der Waals surface area (Å²) in [6.07, 6.45) is 4.23. The van der Waals surface area contributed by atoms with Crippen molar-refractivity contribution in [2.75, 3.05) is 0 Å². The lowest BCUT2D eigenvalue weighted by atomic mass is 9.83. The van der Waals surface area contributed by atoms with Crippen LogP contribution >= 0.6 is 0 Å². The van der Waals surface area contributed by atoms with E-state index in [-0.39, 0.29) is 5.92 Å². The van der Waals surface area contributed by atoms with E-state index in [1.165, 1.54) is 0 Å². The summed E-state index contributed by atoms with van der Waals surface area (Å²) in [7, 11) is 0. The van der Waals surface area contributed by atoms with E-state index in [1.807, 2.05) is 19.1 Å². The van der Waals surface area contributed by atoms with Gasteiger partial charge in [-0.3, -0.25) is 0 Å². The van der Waals surface area contributed by atoms with E-state index in [2.05, 4.69) is 13.2 Å². The lowest BCUT2D eigenvalue weighted by Gasteiger charge is -2.26. The van der Waals surface area contributed by atoms with Gasteiger partial charge in [0.1, 0.15) is 0 Å². The van der Waals surface area contributed by atoms with Gasteiger partial charge < -0.3 is 5.11 Å². The predicted octanol–water partition coefficient (Wildman–Crippen LogP) is 2.06. The largest absolute Gasteiger partial charge is 0.388 e. The maximum absolute atomic E-state index is 9.50. The molecule has 0 heterocycles. The second-order valence-electron chi connectivity index (χ2n) is 3.11. The van der Waals surface area contributed by atoms with Crippen LogP contribution in [0.4, 0.5) is 0 Å². The minimum Gasteiger partial charge on any atom is -0.388 e. The van der Waals surface area contributed by atoms with Crippen molar-refractivity contribution in [2.24, 2.45) is 5.92 Å². The Morgan fingerprint density at radius 3 is 2.73 bits per heavy atom. The number of hydrogen-bond donors (Lipinski definition) is 1. The topological polar surface area (TPSA) is 20.2 Å². The molecule has 0 aliphatic heterocycles. The number of aliphatic hydroxyl groups is 1. The maximum Gasteiger partial charge on any atom is 0.0823 e. The third-order valence-electron chi connectivity index (χ3n) is 2.03. The van der Waals surface area contributed by atoms with Gasteiger partial charge in [0, 0.05) is 5.92 Å². The van der Waals surface area contributed by atoms with Gasteiger partial charge in [-0.1, -0.05) is 36.5 Å². The van der Waals surface area contributed by atoms with Crippen LogP contribution in [0.1, 0.15) is 13.3 Å². The van der Waals surface area contributed by atoms with Crippen molar-refractivity contribution >= 4 is 0 Å². The first-order chi connectivity index (χ1) is 5.13. The number of allylic oxidation sites excluding steroid dienone is 1. The highest BCUT2D eigenvalue weighted by Crippen LogP contribution is 2.28. The molecule has 0 bridgehead atoms. The number of aliphatic hydroxyl groups excluding tert-OH is 1. The van der Waals surface area contributed by atoms with Crippen molar-refractivity contribution in [3.63, 3.8) is 0 Å². The first kappa shape index (κ1) is 8.28. The Balaban J connectivity index is 2.83. The zero-order valence-electron chi connectivity index (χ0n) is 6.88. The molecule has 0 saturated heterocycles. The Kier molecular flexibility index (Phi) is 2.30. The maximum atomic E-state index is 9.50. The zero-order chi connectivity index (χ0) is 8.43. The van der Waals surface area contributed by atoms with Gasteiger partial charge in [0.05, 0.1) is 6.10 Å². The van der Waals surface area contributed by atoms with Crippen LogP contribution < -0.4 is 0 Å². The summed E-state index contributed by atoms with van der Waals surface area (Å²) in [5.41, 5.74) is 2.05. The van der Waals surface area contributed by atoms with Gasteiger partial charge in [0.15, 0.2) is 0 Å². The van der Waals surface area contributed by atoms with Crippen LogP contribution in [0.2, 0.25) is 0 Å². The van der Waals surface area contributed by atoms with E-state index in [9.17, 15) is 5.11 Å². The predicted molar refractivity (Wildman–Crippen MR) is 47.2 cm³/mol. The summed E-state index contributed by atoms with van der Waals surface area (Å²) >= 11 is 0. The fourth-order valence-electron chi connectivity index (χ4n) is 1.48. The van der Waals surface area contributed by atoms with Crippen molar-refractivity contribution in [1.82, 2.24) is 0 Å². The van der Waals surface area contributed by atoms with E-state index in [1.54, 1.807) is 0 Å². The van der Waals surface area contributed by atoms with Crippen molar-refractivity contribution < 1.29 is 5.11 Å². The second-order valence-corrected chi connectivity index (χ2v) is 3.11. The summed E-state index contributed by atoms with van der Waals surface area (Å²) in [6, 6.07) is 0. The van der Waals surface area contributed by atoms with Gasteiger partial charge in [-0.2, -0.15) is 0 Å². The molecule has 0 fully saturated rings. The smallest absolute Gasteiger partial charge is 0.0823 e. The fourth-order valence-corrected chi connectivity index (χ4v) is 1.48. The minimum atomic E-state index is -0.409. The highest BCUT2D eigenvalue weighted by molar-refractivity contribution is 5.25. The van der Waals surface area contributed by atoms with Crippen LogP contribution in [0.3, 0.4) is 0 Å². The molecule has 0 unspecified atom stereocenters. The average molecular weight is 150 g/mol. The molecule has 11 heavy (non-hydrogen) atoms. The molecule has 1 aliphatic carbocycles. The van der Waals surface area contributed by atoms with E-state index >= 15 is 0 Å². The summed E-state index contributed by atoms with van der Waals surface area (Å²) in [5, 5.41) is 9.50. The van der Waals surface area contributed by atoms with Crippen LogP contribution in [-0.2, 0) is 0 Å². The molecule has 0 aromatic rings. The normalized spacial score (nSPS) is 30.5. The third kappa shape index (κ3) is 1.60. The molecule has 2 atom stereocenters. The van der Waals surface area contributed by atoms with Gasteiger partial charge in [0.2, 0.25) is 0 Å². The number of hydrogen-bond acceptors (Lipinski definition) is 1. The van der Waals surface area contributed by atoms with E-state index in [0.717, 1.165) is 17.6 Å². The van der Waals surface area contributed by atoms with Crippen molar-refractivity contribution in [2.45, 2.75) is 19.4 Å². The van der Waals surface area contributed by atoms with Crippen LogP contribution in [0.25, 0.3) is 0 Å². The Morgan fingerprint density at radius 2 is 2.36 bits per heavy atom. The van der Waals surface area contributed by atoms with Crippen molar-refractivity contribution in [3.05, 3.63) is 36.5 Å². The number of rotatable bonds is 1. The van der Waals surface area contributed by atoms with Crippen molar-refractivity contribution in [1.29, 1.82) is 0 Å². The molecular formula is C10H14O. The summed E-state index contributed by atoms with van der Waals surface area (Å²) in [5.74, 6) is 0.0694. The van der Waals surface area contributed by atoms with Gasteiger partial charge in [-0.15, -0.1) is 0 Å². The van der Waals surface area contributed by atoms with Crippen LogP contribution in [0.5, 0.6) is 0 Å². The Bertz CT molecular complexity index is 213. The summed E-state index contributed by atoms with van der Waals surface area (Å²) in [4.78, 5) is 0. The first-order valence-electron chi connectivity index (χ1n) is 3.80. The molecule has 0 aromatic carbocycles. The highest BCUT2D eigenvalue weighted by Gasteiger charge is 2.22. The Morgan fingerprint density at radius 1 is 1.73 bits per heavy atom. The fraction of sp³-hybridized carbons (Fsp3) is 0.400. The monoisotopic (exact) mass is 150 g/mol. The van der Waals surface area contributed by atoms with Gasteiger partial charge in [-0.05, 0) is 13.3 Å². The molecule has 1 N–H and O–H groups in total. The van der Waals surface area contributed by atoms with E-state index in [4.69, 9.17) is 0 Å². The highest BCUT2D eigenvalue weighted by atomic mass is 16.3. The summed E-state index contributed by atoms with van der Waals surface area (Å²) in [6.45, 7) is 9.65. The van der Waals surface area contributed by atoms with E-state index < -0.39 is 6.10 Å². The average Bonchev–Trinajstić information content (AvgIpc) is 1.85. The molecule has 0 amide bonds. The lowest BCUT2D eigenvalue weighted by Crippen LogP contribution is -2.23. The van der Waals surface area contributed by atoms with Gasteiger partial charge >= 0.3 is 0 Å². The van der Waals surface area contributed by atoms with Crippen molar-refractivity contribution in [3.8, 4) is 0 Å². The quantitative estimate of drug-likeness (QED) is 0.567. The molecule has 1 aliphatic rings. The summed E-state index contributed by atoms with van der Waals surface area (Å²) < 4.78 is 0. The molecule has 0 saturated carbocycles. The lowest BCUT2D eigenvalue weighted by molar-refractivity contribution is 0.182.